The summed E-state index contributed by atoms with van der Waals surface area (Å²) < 4.78 is 38.1. The van der Waals surface area contributed by atoms with Crippen molar-refractivity contribution in [3.8, 4) is 5.75 Å². The van der Waals surface area contributed by atoms with Gasteiger partial charge in [0.1, 0.15) is 5.75 Å². The van der Waals surface area contributed by atoms with Crippen molar-refractivity contribution in [3.63, 3.8) is 0 Å². The van der Waals surface area contributed by atoms with Crippen LogP contribution in [-0.2, 0) is 11.0 Å². The van der Waals surface area contributed by atoms with Gasteiger partial charge in [0.15, 0.2) is 0 Å². The molecule has 2 rings (SSSR count). The zero-order valence-corrected chi connectivity index (χ0v) is 11.9. The second-order valence-electron chi connectivity index (χ2n) is 5.74. The number of alkyl halides is 3. The molecule has 7 heteroatoms. The second kappa shape index (κ2) is 6.16. The van der Waals surface area contributed by atoms with E-state index in [1.807, 2.05) is 0 Å². The first-order chi connectivity index (χ1) is 10.2. The molecule has 1 fully saturated rings. The van der Waals surface area contributed by atoms with Gasteiger partial charge in [0.05, 0.1) is 17.6 Å². The maximum Gasteiger partial charge on any atom is 0.420 e. The van der Waals surface area contributed by atoms with E-state index < -0.39 is 29.0 Å². The number of aromatic hydroxyl groups is 1. The van der Waals surface area contributed by atoms with E-state index in [1.165, 1.54) is 6.07 Å². The molecule has 0 atom stereocenters. The molecule has 1 amide bonds. The van der Waals surface area contributed by atoms with Crippen LogP contribution >= 0.6 is 0 Å². The lowest BCUT2D eigenvalue weighted by Crippen LogP contribution is -2.35. The van der Waals surface area contributed by atoms with Crippen LogP contribution in [-0.4, -0.2) is 21.7 Å². The standard InChI is InChI=1S/C15H18F3NO3/c16-15(17,18)11-8-10(4-5-12(11)20)19-13(21)9-14(22)6-2-1-3-7-14/h4-5,8,20,22H,1-3,6-7,9H2,(H,19,21). The van der Waals surface area contributed by atoms with E-state index in [-0.39, 0.29) is 12.1 Å². The number of benzene rings is 1. The quantitative estimate of drug-likeness (QED) is 0.748. The molecule has 0 bridgehead atoms. The number of rotatable bonds is 3. The summed E-state index contributed by atoms with van der Waals surface area (Å²) in [4.78, 5) is 11.9. The Morgan fingerprint density at radius 2 is 1.86 bits per heavy atom. The maximum absolute atomic E-state index is 12.7. The molecule has 1 aromatic rings. The highest BCUT2D eigenvalue weighted by Gasteiger charge is 2.35. The number of amides is 1. The minimum absolute atomic E-state index is 0.0606. The molecule has 0 heterocycles. The van der Waals surface area contributed by atoms with E-state index in [9.17, 15) is 28.2 Å². The van der Waals surface area contributed by atoms with Crippen molar-refractivity contribution in [1.82, 2.24) is 0 Å². The lowest BCUT2D eigenvalue weighted by Gasteiger charge is -2.31. The van der Waals surface area contributed by atoms with Crippen LogP contribution in [0.15, 0.2) is 18.2 Å². The summed E-state index contributed by atoms with van der Waals surface area (Å²) in [6.07, 6.45) is -1.13. The Balaban J connectivity index is 2.05. The number of carbonyl (C=O) groups excluding carboxylic acids is 1. The Bertz CT molecular complexity index is 551. The minimum Gasteiger partial charge on any atom is -0.507 e. The molecule has 1 saturated carbocycles. The Kier molecular flexibility index (Phi) is 4.65. The number of hydrogen-bond donors (Lipinski definition) is 3. The van der Waals surface area contributed by atoms with Crippen molar-refractivity contribution in [2.24, 2.45) is 0 Å². The average Bonchev–Trinajstić information content (AvgIpc) is 2.40. The predicted molar refractivity (Wildman–Crippen MR) is 74.4 cm³/mol. The normalized spacial score (nSPS) is 18.0. The van der Waals surface area contributed by atoms with Gasteiger partial charge in [-0.2, -0.15) is 13.2 Å². The lowest BCUT2D eigenvalue weighted by atomic mass is 9.82. The van der Waals surface area contributed by atoms with Gasteiger partial charge in [0.25, 0.3) is 0 Å². The zero-order valence-electron chi connectivity index (χ0n) is 11.9. The van der Waals surface area contributed by atoms with Crippen molar-refractivity contribution in [2.75, 3.05) is 5.32 Å². The monoisotopic (exact) mass is 317 g/mol. The Labute approximate surface area is 126 Å². The van der Waals surface area contributed by atoms with Crippen molar-refractivity contribution < 1.29 is 28.2 Å². The summed E-state index contributed by atoms with van der Waals surface area (Å²) >= 11 is 0. The van der Waals surface area contributed by atoms with E-state index in [1.54, 1.807) is 0 Å². The summed E-state index contributed by atoms with van der Waals surface area (Å²) in [5.74, 6) is -1.43. The third kappa shape index (κ3) is 4.13. The second-order valence-corrected chi connectivity index (χ2v) is 5.74. The van der Waals surface area contributed by atoms with E-state index >= 15 is 0 Å². The van der Waals surface area contributed by atoms with Gasteiger partial charge in [-0.1, -0.05) is 19.3 Å². The van der Waals surface area contributed by atoms with Crippen LogP contribution in [0.3, 0.4) is 0 Å². The number of carbonyl (C=O) groups is 1. The molecular formula is C15H18F3NO3. The summed E-state index contributed by atoms with van der Waals surface area (Å²) in [6, 6.07) is 2.75. The van der Waals surface area contributed by atoms with E-state index in [0.717, 1.165) is 25.3 Å². The Hall–Kier alpha value is -1.76. The highest BCUT2D eigenvalue weighted by atomic mass is 19.4. The number of anilines is 1. The van der Waals surface area contributed by atoms with Gasteiger partial charge in [-0.25, -0.2) is 0 Å². The molecule has 122 valence electrons. The first-order valence-corrected chi connectivity index (χ1v) is 7.12. The molecule has 0 saturated heterocycles. The van der Waals surface area contributed by atoms with Crippen LogP contribution in [0.25, 0.3) is 0 Å². The highest BCUT2D eigenvalue weighted by Crippen LogP contribution is 2.37. The van der Waals surface area contributed by atoms with Gasteiger partial charge in [0.2, 0.25) is 5.91 Å². The maximum atomic E-state index is 12.7. The van der Waals surface area contributed by atoms with Gasteiger partial charge in [-0.15, -0.1) is 0 Å². The fraction of sp³-hybridized carbons (Fsp3) is 0.533. The first-order valence-electron chi connectivity index (χ1n) is 7.12. The van der Waals surface area contributed by atoms with E-state index in [0.29, 0.717) is 18.9 Å². The smallest absolute Gasteiger partial charge is 0.420 e. The van der Waals surface area contributed by atoms with Gasteiger partial charge < -0.3 is 15.5 Å². The Morgan fingerprint density at radius 3 is 2.45 bits per heavy atom. The topological polar surface area (TPSA) is 69.6 Å². The molecule has 0 radical (unpaired) electrons. The molecule has 3 N–H and O–H groups in total. The number of aliphatic hydroxyl groups is 1. The van der Waals surface area contributed by atoms with Crippen molar-refractivity contribution in [2.45, 2.75) is 50.3 Å². The molecule has 0 aromatic heterocycles. The summed E-state index contributed by atoms with van der Waals surface area (Å²) in [5.41, 5.74) is -2.34. The van der Waals surface area contributed by atoms with E-state index in [4.69, 9.17) is 0 Å². The van der Waals surface area contributed by atoms with Crippen molar-refractivity contribution in [1.29, 1.82) is 0 Å². The Morgan fingerprint density at radius 1 is 1.23 bits per heavy atom. The molecule has 4 nitrogen and oxygen atoms in total. The van der Waals surface area contributed by atoms with Gasteiger partial charge in [-0.3, -0.25) is 4.79 Å². The third-order valence-electron chi connectivity index (χ3n) is 3.86. The molecule has 1 aromatic carbocycles. The van der Waals surface area contributed by atoms with Crippen LogP contribution in [0.4, 0.5) is 18.9 Å². The largest absolute Gasteiger partial charge is 0.507 e. The number of hydrogen-bond acceptors (Lipinski definition) is 3. The predicted octanol–water partition coefficient (Wildman–Crippen LogP) is 3.43. The van der Waals surface area contributed by atoms with Crippen LogP contribution in [0.1, 0.15) is 44.1 Å². The van der Waals surface area contributed by atoms with Gasteiger partial charge >= 0.3 is 6.18 Å². The average molecular weight is 317 g/mol. The van der Waals surface area contributed by atoms with Gasteiger partial charge in [0, 0.05) is 5.69 Å². The van der Waals surface area contributed by atoms with Gasteiger partial charge in [-0.05, 0) is 31.0 Å². The molecule has 1 aliphatic rings. The highest BCUT2D eigenvalue weighted by molar-refractivity contribution is 5.91. The summed E-state index contributed by atoms with van der Waals surface area (Å²) in [5, 5.41) is 21.8. The molecule has 0 unspecified atom stereocenters. The fourth-order valence-corrected chi connectivity index (χ4v) is 2.73. The number of phenols is 1. The van der Waals surface area contributed by atoms with Crippen molar-refractivity contribution >= 4 is 11.6 Å². The number of nitrogens with one attached hydrogen (secondary N) is 1. The molecule has 22 heavy (non-hydrogen) atoms. The molecule has 0 aliphatic heterocycles. The third-order valence-corrected chi connectivity index (χ3v) is 3.86. The van der Waals surface area contributed by atoms with Crippen LogP contribution in [0.2, 0.25) is 0 Å². The van der Waals surface area contributed by atoms with Crippen molar-refractivity contribution in [3.05, 3.63) is 23.8 Å². The summed E-state index contributed by atoms with van der Waals surface area (Å²) in [6.45, 7) is 0. The number of halogens is 3. The first kappa shape index (κ1) is 16.6. The van der Waals surface area contributed by atoms with E-state index in [2.05, 4.69) is 5.32 Å². The van der Waals surface area contributed by atoms with Crippen LogP contribution in [0.5, 0.6) is 5.75 Å². The fourth-order valence-electron chi connectivity index (χ4n) is 2.73. The minimum atomic E-state index is -4.70. The SMILES string of the molecule is O=C(CC1(O)CCCCC1)Nc1ccc(O)c(C(F)(F)F)c1. The molecular weight excluding hydrogens is 299 g/mol. The zero-order chi connectivity index (χ0) is 16.4. The molecule has 0 spiro atoms. The van der Waals surface area contributed by atoms with Crippen LogP contribution in [0, 0.1) is 0 Å². The van der Waals surface area contributed by atoms with Crippen LogP contribution < -0.4 is 5.32 Å². The number of phenolic OH excluding ortho intramolecular Hbond substituents is 1. The molecule has 1 aliphatic carbocycles. The summed E-state index contributed by atoms with van der Waals surface area (Å²) in [7, 11) is 0. The lowest BCUT2D eigenvalue weighted by molar-refractivity contribution is -0.138.